The molecule has 11 nitrogen and oxygen atoms in total. The zero-order valence-corrected chi connectivity index (χ0v) is 17.9. The lowest BCUT2D eigenvalue weighted by Gasteiger charge is -2.07. The lowest BCUT2D eigenvalue weighted by Crippen LogP contribution is -2.23. The first-order valence-corrected chi connectivity index (χ1v) is 10.8. The van der Waals surface area contributed by atoms with Crippen LogP contribution in [0, 0.1) is 0 Å². The van der Waals surface area contributed by atoms with Crippen molar-refractivity contribution in [2.75, 3.05) is 20.8 Å². The molecular formula is C20H18N4O7S. The Labute approximate surface area is 183 Å². The van der Waals surface area contributed by atoms with Crippen LogP contribution in [-0.2, 0) is 26.2 Å². The van der Waals surface area contributed by atoms with Gasteiger partial charge in [-0.2, -0.15) is 4.98 Å². The summed E-state index contributed by atoms with van der Waals surface area (Å²) in [6, 6.07) is 11.5. The summed E-state index contributed by atoms with van der Waals surface area (Å²) in [6.07, 6.45) is 0. The van der Waals surface area contributed by atoms with Crippen LogP contribution in [0.2, 0.25) is 0 Å². The molecule has 0 radical (unpaired) electrons. The van der Waals surface area contributed by atoms with Gasteiger partial charge in [0.15, 0.2) is 6.61 Å². The molecular weight excluding hydrogens is 440 g/mol. The van der Waals surface area contributed by atoms with Crippen molar-refractivity contribution < 1.29 is 31.9 Å². The van der Waals surface area contributed by atoms with Gasteiger partial charge in [-0.05, 0) is 24.3 Å². The standard InChI is InChI=1S/C20H18N4O7S/c1-28-12-7-8-13(15(9-12)29-2)20-22-17(31-23-20)11-30-18(25)10-21-19-14-5-3-4-6-16(14)32(26,27)24-19/h3-9H,10-11H2,1-2H3,(H,21,24). The van der Waals surface area contributed by atoms with Crippen LogP contribution in [0.25, 0.3) is 11.4 Å². The van der Waals surface area contributed by atoms with Gasteiger partial charge in [-0.3, -0.25) is 14.5 Å². The van der Waals surface area contributed by atoms with Crippen LogP contribution in [0.4, 0.5) is 0 Å². The van der Waals surface area contributed by atoms with E-state index in [-0.39, 0.29) is 35.6 Å². The van der Waals surface area contributed by atoms with E-state index < -0.39 is 16.0 Å². The van der Waals surface area contributed by atoms with Crippen molar-refractivity contribution in [2.45, 2.75) is 11.5 Å². The second-order valence-electron chi connectivity index (χ2n) is 6.51. The average Bonchev–Trinajstić information content (AvgIpc) is 3.38. The first kappa shape index (κ1) is 21.3. The van der Waals surface area contributed by atoms with E-state index in [4.69, 9.17) is 18.7 Å². The molecule has 0 spiro atoms. The van der Waals surface area contributed by atoms with Crippen molar-refractivity contribution in [2.24, 2.45) is 4.99 Å². The van der Waals surface area contributed by atoms with Crippen LogP contribution in [0.15, 0.2) is 56.9 Å². The third-order valence-electron chi connectivity index (χ3n) is 4.50. The van der Waals surface area contributed by atoms with Gasteiger partial charge in [0.2, 0.25) is 5.82 Å². The third-order valence-corrected chi connectivity index (χ3v) is 5.90. The van der Waals surface area contributed by atoms with Gasteiger partial charge in [0.05, 0.1) is 24.7 Å². The number of amidine groups is 1. The molecule has 0 amide bonds. The van der Waals surface area contributed by atoms with Crippen molar-refractivity contribution in [3.8, 4) is 22.9 Å². The van der Waals surface area contributed by atoms with Crippen LogP contribution in [0.3, 0.4) is 0 Å². The van der Waals surface area contributed by atoms with Gasteiger partial charge in [0, 0.05) is 11.6 Å². The molecule has 1 aromatic heterocycles. The number of aromatic nitrogens is 2. The fourth-order valence-electron chi connectivity index (χ4n) is 2.99. The Morgan fingerprint density at radius 2 is 1.94 bits per heavy atom. The molecule has 1 N–H and O–H groups in total. The van der Waals surface area contributed by atoms with Crippen molar-refractivity contribution in [1.29, 1.82) is 0 Å². The number of rotatable bonds is 7. The van der Waals surface area contributed by atoms with E-state index in [1.54, 1.807) is 43.5 Å². The largest absolute Gasteiger partial charge is 0.497 e. The highest BCUT2D eigenvalue weighted by Gasteiger charge is 2.30. The van der Waals surface area contributed by atoms with E-state index >= 15 is 0 Å². The lowest BCUT2D eigenvalue weighted by molar-refractivity contribution is -0.143. The van der Waals surface area contributed by atoms with Gasteiger partial charge in [0.1, 0.15) is 23.9 Å². The van der Waals surface area contributed by atoms with Crippen LogP contribution in [0.5, 0.6) is 11.5 Å². The molecule has 0 saturated heterocycles. The SMILES string of the molecule is COc1ccc(-c2noc(COC(=O)CN=C3NS(=O)(=O)c4ccccc43)n2)c(OC)c1. The third kappa shape index (κ3) is 4.25. The van der Waals surface area contributed by atoms with E-state index in [9.17, 15) is 13.2 Å². The Morgan fingerprint density at radius 3 is 2.72 bits per heavy atom. The summed E-state index contributed by atoms with van der Waals surface area (Å²) in [6.45, 7) is -0.656. The molecule has 0 aliphatic carbocycles. The molecule has 4 rings (SSSR count). The van der Waals surface area contributed by atoms with Crippen LogP contribution < -0.4 is 14.2 Å². The maximum Gasteiger partial charge on any atom is 0.328 e. The fourth-order valence-corrected chi connectivity index (χ4v) is 4.24. The van der Waals surface area contributed by atoms with Crippen LogP contribution in [0.1, 0.15) is 11.5 Å². The van der Waals surface area contributed by atoms with Crippen molar-refractivity contribution in [3.05, 3.63) is 53.9 Å². The van der Waals surface area contributed by atoms with Gasteiger partial charge >= 0.3 is 5.97 Å². The number of hydrogen-bond acceptors (Lipinski definition) is 10. The van der Waals surface area contributed by atoms with E-state index in [0.717, 1.165) is 0 Å². The number of nitrogens with one attached hydrogen (secondary N) is 1. The number of fused-ring (bicyclic) bond motifs is 1. The number of benzene rings is 2. The molecule has 0 bridgehead atoms. The second-order valence-corrected chi connectivity index (χ2v) is 8.16. The molecule has 12 heteroatoms. The minimum absolute atomic E-state index is 0.0748. The summed E-state index contributed by atoms with van der Waals surface area (Å²) in [5.41, 5.74) is 0.975. The highest BCUT2D eigenvalue weighted by Crippen LogP contribution is 2.31. The van der Waals surface area contributed by atoms with E-state index in [1.807, 2.05) is 0 Å². The summed E-state index contributed by atoms with van der Waals surface area (Å²) < 4.78 is 47.2. The Kier molecular flexibility index (Phi) is 5.77. The van der Waals surface area contributed by atoms with Gasteiger partial charge in [-0.25, -0.2) is 8.42 Å². The molecule has 2 aromatic carbocycles. The summed E-state index contributed by atoms with van der Waals surface area (Å²) in [4.78, 5) is 20.4. The monoisotopic (exact) mass is 458 g/mol. The molecule has 2 heterocycles. The Hall–Kier alpha value is -3.93. The number of hydrogen-bond donors (Lipinski definition) is 1. The smallest absolute Gasteiger partial charge is 0.328 e. The summed E-state index contributed by atoms with van der Waals surface area (Å²) >= 11 is 0. The summed E-state index contributed by atoms with van der Waals surface area (Å²) in [5, 5.41) is 3.88. The average molecular weight is 458 g/mol. The van der Waals surface area contributed by atoms with E-state index in [1.165, 1.54) is 13.2 Å². The molecule has 0 unspecified atom stereocenters. The topological polar surface area (TPSA) is 142 Å². The number of carbonyl (C=O) groups is 1. The minimum Gasteiger partial charge on any atom is -0.497 e. The fraction of sp³-hybridized carbons (Fsp3) is 0.200. The first-order chi connectivity index (χ1) is 15.4. The number of carbonyl (C=O) groups excluding carboxylic acids is 1. The number of aliphatic imine (C=N–C) groups is 1. The number of esters is 1. The predicted octanol–water partition coefficient (Wildman–Crippen LogP) is 1.54. The van der Waals surface area contributed by atoms with Crippen LogP contribution in [-0.4, -0.2) is 51.1 Å². The molecule has 0 saturated carbocycles. The van der Waals surface area contributed by atoms with Crippen molar-refractivity contribution >= 4 is 21.8 Å². The highest BCUT2D eigenvalue weighted by atomic mass is 32.2. The van der Waals surface area contributed by atoms with Gasteiger partial charge < -0.3 is 18.7 Å². The zero-order valence-electron chi connectivity index (χ0n) is 17.1. The molecule has 1 aliphatic heterocycles. The summed E-state index contributed by atoms with van der Waals surface area (Å²) in [7, 11) is -0.629. The van der Waals surface area contributed by atoms with Crippen LogP contribution >= 0.6 is 0 Å². The molecule has 0 atom stereocenters. The molecule has 0 fully saturated rings. The molecule has 1 aliphatic rings. The lowest BCUT2D eigenvalue weighted by atomic mass is 10.2. The number of nitrogens with zero attached hydrogens (tertiary/aromatic N) is 3. The van der Waals surface area contributed by atoms with E-state index in [2.05, 4.69) is 19.9 Å². The Bertz CT molecular complexity index is 1300. The minimum atomic E-state index is -3.68. The summed E-state index contributed by atoms with van der Waals surface area (Å²) in [5.74, 6) is 0.825. The molecule has 32 heavy (non-hydrogen) atoms. The zero-order chi connectivity index (χ0) is 22.7. The number of ether oxygens (including phenoxy) is 3. The van der Waals surface area contributed by atoms with Gasteiger partial charge in [0.25, 0.3) is 15.9 Å². The Balaban J connectivity index is 1.39. The maximum atomic E-state index is 12.1. The van der Waals surface area contributed by atoms with Gasteiger partial charge in [-0.1, -0.05) is 17.3 Å². The first-order valence-electron chi connectivity index (χ1n) is 9.28. The predicted molar refractivity (Wildman–Crippen MR) is 111 cm³/mol. The quantitative estimate of drug-likeness (QED) is 0.522. The number of sulfonamides is 1. The second kappa shape index (κ2) is 8.67. The maximum absolute atomic E-state index is 12.1. The Morgan fingerprint density at radius 1 is 1.12 bits per heavy atom. The van der Waals surface area contributed by atoms with E-state index in [0.29, 0.717) is 22.6 Å². The molecule has 166 valence electrons. The molecule has 3 aromatic rings. The highest BCUT2D eigenvalue weighted by molar-refractivity contribution is 7.90. The number of methoxy groups -OCH3 is 2. The normalized spacial score (nSPS) is 15.1. The van der Waals surface area contributed by atoms with Gasteiger partial charge in [-0.15, -0.1) is 0 Å². The van der Waals surface area contributed by atoms with Crippen molar-refractivity contribution in [1.82, 2.24) is 14.9 Å². The van der Waals surface area contributed by atoms with Crippen molar-refractivity contribution in [3.63, 3.8) is 0 Å².